The molecule has 0 radical (unpaired) electrons. The quantitative estimate of drug-likeness (QED) is 0.406. The fraction of sp³-hybridized carbons (Fsp3) is 0.294. The Bertz CT molecular complexity index is 926. The van der Waals surface area contributed by atoms with E-state index in [9.17, 15) is 14.9 Å². The van der Waals surface area contributed by atoms with Gasteiger partial charge in [0.05, 0.1) is 0 Å². The largest absolute Gasteiger partial charge is 0.373 e. The number of aromatic nitrogens is 2. The first-order chi connectivity index (χ1) is 12.1. The highest BCUT2D eigenvalue weighted by Crippen LogP contribution is 2.34. The number of Topliss-reactive ketones (excluding diaryl/α,β-unsaturated/α-hetero) is 1. The van der Waals surface area contributed by atoms with E-state index >= 15 is 0 Å². The molecule has 0 atom stereocenters. The van der Waals surface area contributed by atoms with E-state index in [2.05, 4.69) is 4.98 Å². The van der Waals surface area contributed by atoms with Gasteiger partial charge in [-0.1, -0.05) is 41.7 Å². The van der Waals surface area contributed by atoms with E-state index in [0.717, 1.165) is 5.56 Å². The summed E-state index contributed by atoms with van der Waals surface area (Å²) in [6, 6.07) is 9.29. The van der Waals surface area contributed by atoms with Crippen LogP contribution in [-0.4, -0.2) is 33.2 Å². The van der Waals surface area contributed by atoms with Crippen LogP contribution in [0.4, 0.5) is 11.6 Å². The summed E-state index contributed by atoms with van der Waals surface area (Å²) in [6.45, 7) is 1.18. The maximum atomic E-state index is 12.6. The predicted molar refractivity (Wildman–Crippen MR) is 95.4 cm³/mol. The topological polar surface area (TPSA) is 80.8 Å². The number of anilines is 1. The van der Waals surface area contributed by atoms with Crippen LogP contribution in [0, 0.1) is 16.0 Å². The zero-order valence-electron chi connectivity index (χ0n) is 13.4. The van der Waals surface area contributed by atoms with Gasteiger partial charge in [0.2, 0.25) is 5.82 Å². The molecule has 3 heterocycles. The lowest BCUT2D eigenvalue weighted by molar-refractivity contribution is -0.389. The highest BCUT2D eigenvalue weighted by Gasteiger charge is 2.32. The van der Waals surface area contributed by atoms with E-state index in [1.54, 1.807) is 11.6 Å². The average molecular weight is 356 g/mol. The van der Waals surface area contributed by atoms with Crippen molar-refractivity contribution in [1.29, 1.82) is 0 Å². The van der Waals surface area contributed by atoms with Gasteiger partial charge >= 0.3 is 5.82 Å². The van der Waals surface area contributed by atoms with E-state index in [4.69, 9.17) is 0 Å². The molecule has 1 aromatic carbocycles. The van der Waals surface area contributed by atoms with Crippen LogP contribution in [0.2, 0.25) is 0 Å². The summed E-state index contributed by atoms with van der Waals surface area (Å²) in [5.41, 5.74) is 0.731. The van der Waals surface area contributed by atoms with Gasteiger partial charge in [0.1, 0.15) is 6.20 Å². The average Bonchev–Trinajstić information content (AvgIpc) is 3.22. The molecule has 4 rings (SSSR count). The molecule has 0 unspecified atom stereocenters. The summed E-state index contributed by atoms with van der Waals surface area (Å²) < 4.78 is 1.52. The van der Waals surface area contributed by atoms with Gasteiger partial charge in [-0.2, -0.15) is 9.38 Å². The Morgan fingerprint density at radius 2 is 1.96 bits per heavy atom. The molecule has 25 heavy (non-hydrogen) atoms. The second kappa shape index (κ2) is 6.29. The molecule has 2 aromatic heterocycles. The van der Waals surface area contributed by atoms with Crippen molar-refractivity contribution in [2.45, 2.75) is 12.8 Å². The van der Waals surface area contributed by atoms with Crippen LogP contribution in [0.3, 0.4) is 0 Å². The molecule has 1 saturated heterocycles. The number of hydrogen-bond donors (Lipinski definition) is 0. The number of fused-ring (bicyclic) bond motifs is 1. The molecule has 0 aliphatic carbocycles. The van der Waals surface area contributed by atoms with Gasteiger partial charge in [-0.15, -0.1) is 0 Å². The molecule has 1 aliphatic heterocycles. The summed E-state index contributed by atoms with van der Waals surface area (Å²) >= 11 is 1.37. The molecule has 1 aliphatic rings. The summed E-state index contributed by atoms with van der Waals surface area (Å²) in [5.74, 6) is 0.522. The van der Waals surface area contributed by atoms with Gasteiger partial charge in [0, 0.05) is 30.0 Å². The number of ketones is 1. The van der Waals surface area contributed by atoms with Gasteiger partial charge < -0.3 is 15.0 Å². The molecule has 0 saturated carbocycles. The number of imidazole rings is 1. The molecule has 7 nitrogen and oxygen atoms in total. The molecule has 8 heteroatoms. The van der Waals surface area contributed by atoms with E-state index in [1.807, 2.05) is 35.2 Å². The van der Waals surface area contributed by atoms with E-state index in [1.165, 1.54) is 15.7 Å². The number of thiazole rings is 1. The summed E-state index contributed by atoms with van der Waals surface area (Å²) in [6.07, 6.45) is 3.02. The lowest BCUT2D eigenvalue weighted by Crippen LogP contribution is -2.37. The van der Waals surface area contributed by atoms with Crippen molar-refractivity contribution >= 4 is 33.7 Å². The minimum Gasteiger partial charge on any atom is -0.358 e. The van der Waals surface area contributed by atoms with Crippen LogP contribution in [0.1, 0.15) is 23.2 Å². The predicted octanol–water partition coefficient (Wildman–Crippen LogP) is 3.40. The van der Waals surface area contributed by atoms with Crippen LogP contribution in [0.25, 0.3) is 4.96 Å². The highest BCUT2D eigenvalue weighted by molar-refractivity contribution is 7.15. The van der Waals surface area contributed by atoms with Crippen molar-refractivity contribution in [3.05, 3.63) is 57.6 Å². The maximum Gasteiger partial charge on any atom is 0.373 e. The third kappa shape index (κ3) is 2.78. The third-order valence-corrected chi connectivity index (χ3v) is 5.37. The van der Waals surface area contributed by atoms with Gasteiger partial charge in [-0.25, -0.2) is 0 Å². The number of carbonyl (C=O) groups is 1. The fourth-order valence-corrected chi connectivity index (χ4v) is 4.04. The Hall–Kier alpha value is -2.74. The van der Waals surface area contributed by atoms with Crippen LogP contribution >= 0.6 is 11.3 Å². The molecule has 0 N–H and O–H groups in total. The zero-order chi connectivity index (χ0) is 17.4. The first-order valence-electron chi connectivity index (χ1n) is 8.09. The molecular formula is C17H16N4O3S. The number of carbonyl (C=O) groups excluding carboxylic acids is 1. The van der Waals surface area contributed by atoms with Crippen LogP contribution in [0.5, 0.6) is 0 Å². The highest BCUT2D eigenvalue weighted by atomic mass is 32.1. The smallest absolute Gasteiger partial charge is 0.358 e. The van der Waals surface area contributed by atoms with Crippen molar-refractivity contribution in [3.63, 3.8) is 0 Å². The van der Waals surface area contributed by atoms with Crippen molar-refractivity contribution < 1.29 is 9.72 Å². The lowest BCUT2D eigenvalue weighted by Gasteiger charge is -2.31. The van der Waals surface area contributed by atoms with E-state index < -0.39 is 0 Å². The van der Waals surface area contributed by atoms with Gasteiger partial charge in [0.25, 0.3) is 4.96 Å². The Morgan fingerprint density at radius 1 is 1.24 bits per heavy atom. The Balaban J connectivity index is 1.53. The Labute approximate surface area is 147 Å². The number of piperidine rings is 1. The number of benzene rings is 1. The van der Waals surface area contributed by atoms with Gasteiger partial charge in [-0.3, -0.25) is 4.79 Å². The van der Waals surface area contributed by atoms with Crippen molar-refractivity contribution in [3.8, 4) is 0 Å². The number of nitro groups is 1. The third-order valence-electron chi connectivity index (χ3n) is 4.62. The summed E-state index contributed by atoms with van der Waals surface area (Å²) in [4.78, 5) is 30.6. The first-order valence-corrected chi connectivity index (χ1v) is 8.97. The number of nitrogens with zero attached hydrogens (tertiary/aromatic N) is 4. The van der Waals surface area contributed by atoms with Crippen molar-refractivity contribution in [1.82, 2.24) is 9.38 Å². The second-order valence-electron chi connectivity index (χ2n) is 6.06. The molecule has 128 valence electrons. The van der Waals surface area contributed by atoms with Crippen LogP contribution in [0.15, 0.2) is 41.9 Å². The minimum absolute atomic E-state index is 0.00378. The Morgan fingerprint density at radius 3 is 2.64 bits per heavy atom. The molecule has 0 bridgehead atoms. The molecular weight excluding hydrogens is 340 g/mol. The summed E-state index contributed by atoms with van der Waals surface area (Å²) in [7, 11) is 0. The van der Waals surface area contributed by atoms with Crippen LogP contribution < -0.4 is 4.90 Å². The van der Waals surface area contributed by atoms with Crippen molar-refractivity contribution in [2.75, 3.05) is 18.0 Å². The van der Waals surface area contributed by atoms with E-state index in [0.29, 0.717) is 36.7 Å². The minimum atomic E-state index is -0.386. The monoisotopic (exact) mass is 356 g/mol. The summed E-state index contributed by atoms with van der Waals surface area (Å²) in [5, 5.41) is 13.2. The van der Waals surface area contributed by atoms with E-state index in [-0.39, 0.29) is 22.4 Å². The standard InChI is InChI=1S/C17H16N4O3S/c22-14(12-4-2-1-3-5-12)13-6-8-19(9-7-13)15-16(21(23)24)20-10-11-25-17(20)18-15/h1-5,10-11,13H,6-9H2. The molecule has 3 aromatic rings. The molecule has 0 spiro atoms. The first kappa shape index (κ1) is 15.8. The fourth-order valence-electron chi connectivity index (χ4n) is 3.34. The lowest BCUT2D eigenvalue weighted by atomic mass is 9.89. The maximum absolute atomic E-state index is 12.6. The van der Waals surface area contributed by atoms with Gasteiger partial charge in [-0.05, 0) is 17.8 Å². The number of rotatable bonds is 4. The second-order valence-corrected chi connectivity index (χ2v) is 6.94. The number of hydrogen-bond acceptors (Lipinski definition) is 6. The SMILES string of the molecule is O=C(c1ccccc1)C1CCN(c2nc3sccn3c2[N+](=O)[O-])CC1. The normalized spacial score (nSPS) is 15.6. The van der Waals surface area contributed by atoms with Crippen molar-refractivity contribution in [2.24, 2.45) is 5.92 Å². The Kier molecular flexibility index (Phi) is 3.96. The molecule has 0 amide bonds. The van der Waals surface area contributed by atoms with Gasteiger partial charge in [0.15, 0.2) is 5.78 Å². The molecule has 1 fully saturated rings. The van der Waals surface area contributed by atoms with Crippen LogP contribution in [-0.2, 0) is 0 Å². The zero-order valence-corrected chi connectivity index (χ0v) is 14.2.